The Morgan fingerprint density at radius 2 is 1.90 bits per heavy atom. The topological polar surface area (TPSA) is 46.4 Å². The molecule has 6 nitrogen and oxygen atoms in total. The maximum atomic E-state index is 5.46. The normalized spacial score (nSPS) is 16.1. The summed E-state index contributed by atoms with van der Waals surface area (Å²) in [5, 5.41) is 1.18. The van der Waals surface area contributed by atoms with Crippen molar-refractivity contribution in [1.82, 2.24) is 19.4 Å². The van der Waals surface area contributed by atoms with Gasteiger partial charge in [0, 0.05) is 30.2 Å². The second-order valence-corrected chi connectivity index (χ2v) is 8.09. The Bertz CT molecular complexity index is 1290. The van der Waals surface area contributed by atoms with Crippen molar-refractivity contribution in [3.05, 3.63) is 84.4 Å². The molecule has 0 radical (unpaired) electrons. The van der Waals surface area contributed by atoms with Crippen LogP contribution < -0.4 is 9.64 Å². The van der Waals surface area contributed by atoms with Crippen LogP contribution in [0, 0.1) is 0 Å². The molecule has 2 aromatic carbocycles. The van der Waals surface area contributed by atoms with Gasteiger partial charge in [0.05, 0.1) is 49.1 Å². The number of rotatable bonds is 4. The maximum absolute atomic E-state index is 5.46. The smallest absolute Gasteiger partial charge is 0.129 e. The molecule has 4 aromatic rings. The molecule has 0 amide bonds. The molecule has 1 fully saturated rings. The molecule has 4 heterocycles. The largest absolute Gasteiger partial charge is 0.497 e. The third-order valence-electron chi connectivity index (χ3n) is 6.23. The monoisotopic (exact) mass is 409 g/mol. The van der Waals surface area contributed by atoms with E-state index in [1.165, 1.54) is 16.8 Å². The summed E-state index contributed by atoms with van der Waals surface area (Å²) in [6, 6.07) is 21.2. The minimum atomic E-state index is 0.411. The first-order valence-electron chi connectivity index (χ1n) is 10.5. The van der Waals surface area contributed by atoms with Crippen molar-refractivity contribution in [3.63, 3.8) is 0 Å². The van der Waals surface area contributed by atoms with E-state index in [0.717, 1.165) is 42.3 Å². The molecule has 0 aliphatic carbocycles. The number of aromatic nitrogens is 3. The lowest BCUT2D eigenvalue weighted by Crippen LogP contribution is -2.59. The molecule has 0 bridgehead atoms. The van der Waals surface area contributed by atoms with Gasteiger partial charge in [0.15, 0.2) is 0 Å². The number of fused-ring (bicyclic) bond motifs is 2. The summed E-state index contributed by atoms with van der Waals surface area (Å²) in [7, 11) is 1.71. The van der Waals surface area contributed by atoms with Crippen molar-refractivity contribution in [2.24, 2.45) is 0 Å². The van der Waals surface area contributed by atoms with Crippen LogP contribution in [0.5, 0.6) is 5.75 Å². The summed E-state index contributed by atoms with van der Waals surface area (Å²) in [4.78, 5) is 14.1. The Morgan fingerprint density at radius 3 is 2.81 bits per heavy atom. The Labute approximate surface area is 181 Å². The van der Waals surface area contributed by atoms with Crippen LogP contribution in [0.4, 0.5) is 5.82 Å². The van der Waals surface area contributed by atoms with Crippen LogP contribution in [0.15, 0.2) is 73.2 Å². The summed E-state index contributed by atoms with van der Waals surface area (Å²) >= 11 is 0. The number of anilines is 1. The summed E-state index contributed by atoms with van der Waals surface area (Å²) in [6.45, 7) is 2.73. The highest BCUT2D eigenvalue weighted by Gasteiger charge is 2.36. The van der Waals surface area contributed by atoms with Gasteiger partial charge in [0.1, 0.15) is 11.6 Å². The number of ether oxygens (including phenoxy) is 1. The van der Waals surface area contributed by atoms with Gasteiger partial charge >= 0.3 is 0 Å². The highest BCUT2D eigenvalue weighted by atomic mass is 16.5. The van der Waals surface area contributed by atoms with E-state index >= 15 is 0 Å². The van der Waals surface area contributed by atoms with Crippen molar-refractivity contribution in [3.8, 4) is 5.75 Å². The summed E-state index contributed by atoms with van der Waals surface area (Å²) in [5.74, 6) is 1.91. The van der Waals surface area contributed by atoms with E-state index in [-0.39, 0.29) is 0 Å². The fourth-order valence-electron chi connectivity index (χ4n) is 4.46. The van der Waals surface area contributed by atoms with Gasteiger partial charge in [0.25, 0.3) is 0 Å². The molecule has 31 heavy (non-hydrogen) atoms. The molecule has 1 saturated heterocycles. The highest BCUT2D eigenvalue weighted by Crippen LogP contribution is 2.34. The third-order valence-corrected chi connectivity index (χ3v) is 6.23. The molecule has 6 rings (SSSR count). The van der Waals surface area contributed by atoms with Crippen LogP contribution in [0.25, 0.3) is 22.8 Å². The fourth-order valence-corrected chi connectivity index (χ4v) is 4.46. The average Bonchev–Trinajstić information content (AvgIpc) is 3.25. The second kappa shape index (κ2) is 7.16. The minimum Gasteiger partial charge on any atom is -0.497 e. The van der Waals surface area contributed by atoms with Gasteiger partial charge in [-0.3, -0.25) is 0 Å². The maximum Gasteiger partial charge on any atom is 0.129 e. The molecule has 2 aromatic heterocycles. The lowest BCUT2D eigenvalue weighted by atomic mass is 10.0. The number of methoxy groups -OCH3 is 1. The van der Waals surface area contributed by atoms with Crippen LogP contribution >= 0.6 is 0 Å². The molecule has 0 spiro atoms. The highest BCUT2D eigenvalue weighted by molar-refractivity contribution is 5.80. The first-order valence-corrected chi connectivity index (χ1v) is 10.5. The zero-order valence-electron chi connectivity index (χ0n) is 17.3. The van der Waals surface area contributed by atoms with E-state index < -0.39 is 0 Å². The lowest BCUT2D eigenvalue weighted by molar-refractivity contribution is 0.234. The number of imidazole rings is 1. The molecule has 6 heteroatoms. The van der Waals surface area contributed by atoms with Crippen LogP contribution in [0.2, 0.25) is 0 Å². The first kappa shape index (κ1) is 18.0. The second-order valence-electron chi connectivity index (χ2n) is 8.09. The molecule has 0 atom stereocenters. The zero-order valence-corrected chi connectivity index (χ0v) is 17.3. The van der Waals surface area contributed by atoms with Crippen molar-refractivity contribution in [1.29, 1.82) is 0 Å². The van der Waals surface area contributed by atoms with Gasteiger partial charge in [0.2, 0.25) is 0 Å². The first-order chi connectivity index (χ1) is 15.3. The predicted molar refractivity (Wildman–Crippen MR) is 123 cm³/mol. The van der Waals surface area contributed by atoms with Gasteiger partial charge in [-0.15, -0.1) is 0 Å². The molecule has 2 aliphatic rings. The number of pyridine rings is 1. The van der Waals surface area contributed by atoms with E-state index in [4.69, 9.17) is 9.72 Å². The van der Waals surface area contributed by atoms with E-state index in [2.05, 4.69) is 68.0 Å². The fraction of sp³-hybridized carbons (Fsp3) is 0.200. The average molecular weight is 409 g/mol. The summed E-state index contributed by atoms with van der Waals surface area (Å²) in [6.07, 6.45) is 6.00. The van der Waals surface area contributed by atoms with Crippen molar-refractivity contribution < 1.29 is 4.74 Å². The van der Waals surface area contributed by atoms with Crippen molar-refractivity contribution in [2.75, 3.05) is 25.1 Å². The van der Waals surface area contributed by atoms with Gasteiger partial charge in [-0.25, -0.2) is 9.97 Å². The quantitative estimate of drug-likeness (QED) is 0.508. The molecular weight excluding hydrogens is 386 g/mol. The van der Waals surface area contributed by atoms with E-state index in [1.54, 1.807) is 7.11 Å². The lowest BCUT2D eigenvalue weighted by Gasteiger charge is -2.48. The van der Waals surface area contributed by atoms with Crippen LogP contribution in [0.1, 0.15) is 11.3 Å². The van der Waals surface area contributed by atoms with Crippen LogP contribution in [-0.4, -0.2) is 45.7 Å². The Morgan fingerprint density at radius 1 is 1.00 bits per heavy atom. The van der Waals surface area contributed by atoms with Gasteiger partial charge in [-0.05, 0) is 30.3 Å². The van der Waals surface area contributed by atoms with Crippen molar-refractivity contribution in [2.45, 2.75) is 12.6 Å². The minimum absolute atomic E-state index is 0.411. The van der Waals surface area contributed by atoms with E-state index in [1.807, 2.05) is 30.7 Å². The van der Waals surface area contributed by atoms with Gasteiger partial charge < -0.3 is 19.1 Å². The number of nitrogens with zero attached hydrogens (tertiary/aromatic N) is 5. The summed E-state index contributed by atoms with van der Waals surface area (Å²) in [5.41, 5.74) is 4.60. The van der Waals surface area contributed by atoms with E-state index in [0.29, 0.717) is 6.04 Å². The summed E-state index contributed by atoms with van der Waals surface area (Å²) < 4.78 is 7.58. The Kier molecular flexibility index (Phi) is 4.16. The van der Waals surface area contributed by atoms with Crippen LogP contribution in [0.3, 0.4) is 0 Å². The standard InChI is InChI=1S/C25H23N5O/c1-31-22-7-4-6-19(11-22)24-16-29-17-26-12-20(29)15-30(24)21-13-28(14-21)25-10-9-18-5-2-3-8-23(18)27-25/h2-12,16-17,21H,13-15H2,1H3. The third kappa shape index (κ3) is 3.11. The van der Waals surface area contributed by atoms with E-state index in [9.17, 15) is 0 Å². The SMILES string of the molecule is COc1cccc(C2=Cn3cncc3CN2C2CN(c3ccc4ccccc4n3)C2)c1. The number of benzene rings is 2. The van der Waals surface area contributed by atoms with Gasteiger partial charge in [-0.2, -0.15) is 0 Å². The molecule has 154 valence electrons. The number of hydrogen-bond acceptors (Lipinski definition) is 5. The molecule has 2 aliphatic heterocycles. The van der Waals surface area contributed by atoms with Crippen molar-refractivity contribution >= 4 is 28.6 Å². The zero-order chi connectivity index (χ0) is 20.8. The van der Waals surface area contributed by atoms with Gasteiger partial charge in [-0.1, -0.05) is 30.3 Å². The predicted octanol–water partition coefficient (Wildman–Crippen LogP) is 4.10. The Hall–Kier alpha value is -3.80. The number of hydrogen-bond donors (Lipinski definition) is 0. The molecule has 0 unspecified atom stereocenters. The molecular formula is C25H23N5O. The Balaban J connectivity index is 1.28. The molecule has 0 N–H and O–H groups in total. The van der Waals surface area contributed by atoms with Crippen LogP contribution in [-0.2, 0) is 6.54 Å². The molecule has 0 saturated carbocycles. The number of para-hydroxylation sites is 1.